The second-order valence-corrected chi connectivity index (χ2v) is 5.11. The molecular weight excluding hydrogens is 272 g/mol. The average molecular weight is 296 g/mol. The third-order valence-electron chi connectivity index (χ3n) is 3.45. The Morgan fingerprint density at radius 2 is 2.14 bits per heavy atom. The molecule has 0 aliphatic heterocycles. The van der Waals surface area contributed by atoms with Crippen LogP contribution in [-0.2, 0) is 11.3 Å². The number of hydrogen-bond donors (Lipinski definition) is 3. The summed E-state index contributed by atoms with van der Waals surface area (Å²) in [7, 11) is 0. The van der Waals surface area contributed by atoms with Gasteiger partial charge in [0.15, 0.2) is 0 Å². The molecule has 7 nitrogen and oxygen atoms in total. The molecule has 1 rings (SSSR count). The predicted octanol–water partition coefficient (Wildman–Crippen LogP) is 1.46. The Balaban J connectivity index is 2.19. The van der Waals surface area contributed by atoms with Gasteiger partial charge in [-0.2, -0.15) is 0 Å². The third kappa shape index (κ3) is 6.29. The molecule has 1 aromatic rings. The van der Waals surface area contributed by atoms with E-state index in [1.807, 2.05) is 24.6 Å². The average Bonchev–Trinajstić information content (AvgIpc) is 2.96. The number of aliphatic carboxylic acids is 1. The molecule has 0 saturated carbocycles. The van der Waals surface area contributed by atoms with Crippen LogP contribution in [0.15, 0.2) is 18.7 Å². The number of aryl methyl sites for hydroxylation is 1. The van der Waals surface area contributed by atoms with E-state index in [-0.39, 0.29) is 5.92 Å². The first-order chi connectivity index (χ1) is 10.0. The Kier molecular flexibility index (Phi) is 7.28. The number of carboxylic acid groups (broad SMARTS) is 1. The van der Waals surface area contributed by atoms with Crippen LogP contribution in [0.2, 0.25) is 0 Å². The maximum atomic E-state index is 11.7. The van der Waals surface area contributed by atoms with Crippen LogP contribution in [-0.4, -0.2) is 39.2 Å². The zero-order valence-corrected chi connectivity index (χ0v) is 12.6. The molecule has 21 heavy (non-hydrogen) atoms. The lowest BCUT2D eigenvalue weighted by Gasteiger charge is -2.20. The number of nitrogens with zero attached hydrogens (tertiary/aromatic N) is 2. The molecule has 3 N–H and O–H groups in total. The highest BCUT2D eigenvalue weighted by Crippen LogP contribution is 2.07. The minimum atomic E-state index is -1.00. The van der Waals surface area contributed by atoms with Crippen LogP contribution in [0, 0.1) is 5.92 Å². The quantitative estimate of drug-likeness (QED) is 0.601. The number of aromatic nitrogens is 2. The van der Waals surface area contributed by atoms with E-state index >= 15 is 0 Å². The minimum Gasteiger partial charge on any atom is -0.480 e. The van der Waals surface area contributed by atoms with Gasteiger partial charge < -0.3 is 20.3 Å². The SMILES string of the molecule is CC[C@H](C)[C@H](NC(=O)NCCCCn1ccnc1)C(=O)O. The van der Waals surface area contributed by atoms with E-state index in [0.717, 1.165) is 19.4 Å². The summed E-state index contributed by atoms with van der Waals surface area (Å²) in [5, 5.41) is 14.3. The number of carbonyl (C=O) groups is 2. The highest BCUT2D eigenvalue weighted by atomic mass is 16.4. The predicted molar refractivity (Wildman–Crippen MR) is 78.9 cm³/mol. The van der Waals surface area contributed by atoms with E-state index in [2.05, 4.69) is 15.6 Å². The van der Waals surface area contributed by atoms with Crippen LogP contribution in [0.1, 0.15) is 33.1 Å². The first-order valence-corrected chi connectivity index (χ1v) is 7.27. The van der Waals surface area contributed by atoms with Crippen molar-refractivity contribution in [2.45, 2.75) is 45.7 Å². The molecule has 0 aliphatic rings. The number of nitrogens with one attached hydrogen (secondary N) is 2. The summed E-state index contributed by atoms with van der Waals surface area (Å²) in [5.41, 5.74) is 0. The zero-order chi connectivity index (χ0) is 15.7. The van der Waals surface area contributed by atoms with Crippen molar-refractivity contribution in [3.05, 3.63) is 18.7 Å². The van der Waals surface area contributed by atoms with Crippen molar-refractivity contribution in [3.8, 4) is 0 Å². The highest BCUT2D eigenvalue weighted by molar-refractivity contribution is 5.82. The second-order valence-electron chi connectivity index (χ2n) is 5.11. The number of carboxylic acids is 1. The molecule has 2 atom stereocenters. The van der Waals surface area contributed by atoms with Gasteiger partial charge in [0.05, 0.1) is 6.33 Å². The number of unbranched alkanes of at least 4 members (excludes halogenated alkanes) is 1. The smallest absolute Gasteiger partial charge is 0.326 e. The highest BCUT2D eigenvalue weighted by Gasteiger charge is 2.24. The van der Waals surface area contributed by atoms with Crippen LogP contribution in [0.25, 0.3) is 0 Å². The van der Waals surface area contributed by atoms with Crippen LogP contribution in [0.4, 0.5) is 4.79 Å². The first-order valence-electron chi connectivity index (χ1n) is 7.27. The van der Waals surface area contributed by atoms with E-state index in [0.29, 0.717) is 13.0 Å². The Bertz CT molecular complexity index is 433. The zero-order valence-electron chi connectivity index (χ0n) is 12.6. The molecule has 0 aromatic carbocycles. The molecular formula is C14H24N4O3. The summed E-state index contributed by atoms with van der Waals surface area (Å²) in [6, 6.07) is -1.27. The molecule has 118 valence electrons. The monoisotopic (exact) mass is 296 g/mol. The van der Waals surface area contributed by atoms with Crippen molar-refractivity contribution in [1.82, 2.24) is 20.2 Å². The van der Waals surface area contributed by atoms with Crippen molar-refractivity contribution < 1.29 is 14.7 Å². The summed E-state index contributed by atoms with van der Waals surface area (Å²) in [6.07, 6.45) is 7.82. The van der Waals surface area contributed by atoms with E-state index in [1.54, 1.807) is 12.5 Å². The van der Waals surface area contributed by atoms with Gasteiger partial charge in [-0.15, -0.1) is 0 Å². The Hall–Kier alpha value is -2.05. The lowest BCUT2D eigenvalue weighted by molar-refractivity contribution is -0.140. The molecule has 0 aliphatic carbocycles. The normalized spacial score (nSPS) is 13.4. The lowest BCUT2D eigenvalue weighted by atomic mass is 9.99. The summed E-state index contributed by atoms with van der Waals surface area (Å²) in [5.74, 6) is -1.10. The molecule has 0 saturated heterocycles. The fourth-order valence-electron chi connectivity index (χ4n) is 1.92. The molecule has 1 aromatic heterocycles. The van der Waals surface area contributed by atoms with E-state index in [4.69, 9.17) is 5.11 Å². The lowest BCUT2D eigenvalue weighted by Crippen LogP contribution is -2.49. The van der Waals surface area contributed by atoms with Crippen LogP contribution in [0.3, 0.4) is 0 Å². The Morgan fingerprint density at radius 3 is 2.71 bits per heavy atom. The van der Waals surface area contributed by atoms with Crippen molar-refractivity contribution in [2.24, 2.45) is 5.92 Å². The number of amides is 2. The van der Waals surface area contributed by atoms with Crippen molar-refractivity contribution in [1.29, 1.82) is 0 Å². The fraction of sp³-hybridized carbons (Fsp3) is 0.643. The number of urea groups is 1. The van der Waals surface area contributed by atoms with E-state index in [9.17, 15) is 9.59 Å². The maximum absolute atomic E-state index is 11.7. The number of imidazole rings is 1. The van der Waals surface area contributed by atoms with Crippen molar-refractivity contribution in [2.75, 3.05) is 6.54 Å². The van der Waals surface area contributed by atoms with Crippen LogP contribution < -0.4 is 10.6 Å². The molecule has 0 spiro atoms. The summed E-state index contributed by atoms with van der Waals surface area (Å²) < 4.78 is 1.98. The Morgan fingerprint density at radius 1 is 1.38 bits per heavy atom. The number of hydrogen-bond acceptors (Lipinski definition) is 3. The molecule has 1 heterocycles. The van der Waals surface area contributed by atoms with Gasteiger partial charge in [0.1, 0.15) is 6.04 Å². The minimum absolute atomic E-state index is 0.102. The summed E-state index contributed by atoms with van der Waals surface area (Å²) >= 11 is 0. The van der Waals surface area contributed by atoms with Crippen LogP contribution in [0.5, 0.6) is 0 Å². The molecule has 0 radical (unpaired) electrons. The van der Waals surface area contributed by atoms with Crippen molar-refractivity contribution in [3.63, 3.8) is 0 Å². The number of carbonyl (C=O) groups excluding carboxylic acids is 1. The third-order valence-corrected chi connectivity index (χ3v) is 3.45. The van der Waals surface area contributed by atoms with Gasteiger partial charge in [-0.05, 0) is 18.8 Å². The Labute approximate surface area is 124 Å². The standard InChI is InChI=1S/C14H24N4O3/c1-3-11(2)12(13(19)20)17-14(21)16-6-4-5-8-18-9-7-15-10-18/h7,9-12H,3-6,8H2,1-2H3,(H,19,20)(H2,16,17,21)/t11-,12-/m0/s1. The van der Waals surface area contributed by atoms with Gasteiger partial charge in [0.25, 0.3) is 0 Å². The topological polar surface area (TPSA) is 96.3 Å². The number of rotatable bonds is 9. The maximum Gasteiger partial charge on any atom is 0.326 e. The fourth-order valence-corrected chi connectivity index (χ4v) is 1.92. The molecule has 0 fully saturated rings. The van der Waals surface area contributed by atoms with Gasteiger partial charge in [0, 0.05) is 25.5 Å². The van der Waals surface area contributed by atoms with Gasteiger partial charge in [-0.1, -0.05) is 20.3 Å². The second kappa shape index (κ2) is 8.99. The summed E-state index contributed by atoms with van der Waals surface area (Å²) in [6.45, 7) is 5.09. The van der Waals surface area contributed by atoms with Gasteiger partial charge in [0.2, 0.25) is 0 Å². The molecule has 0 unspecified atom stereocenters. The molecule has 7 heteroatoms. The van der Waals surface area contributed by atoms with Gasteiger partial charge >= 0.3 is 12.0 Å². The van der Waals surface area contributed by atoms with E-state index in [1.165, 1.54) is 0 Å². The van der Waals surface area contributed by atoms with Gasteiger partial charge in [-0.3, -0.25) is 0 Å². The van der Waals surface area contributed by atoms with Crippen molar-refractivity contribution >= 4 is 12.0 Å². The summed E-state index contributed by atoms with van der Waals surface area (Å²) in [4.78, 5) is 26.7. The van der Waals surface area contributed by atoms with E-state index < -0.39 is 18.0 Å². The van der Waals surface area contributed by atoms with Crippen LogP contribution >= 0.6 is 0 Å². The largest absolute Gasteiger partial charge is 0.480 e. The van der Waals surface area contributed by atoms with Gasteiger partial charge in [-0.25, -0.2) is 14.6 Å². The molecule has 2 amide bonds. The molecule has 0 bridgehead atoms. The first kappa shape index (κ1) is 17.0.